The Kier molecular flexibility index (Phi) is 9.75. The van der Waals surface area contributed by atoms with Gasteiger partial charge in [-0.2, -0.15) is 0 Å². The quantitative estimate of drug-likeness (QED) is 0.188. The van der Waals surface area contributed by atoms with Gasteiger partial charge in [0.1, 0.15) is 4.60 Å². The number of nitrogens with one attached hydrogen (secondary N) is 1. The first-order valence-electron chi connectivity index (χ1n) is 14.4. The number of sulfonamides is 1. The summed E-state index contributed by atoms with van der Waals surface area (Å²) < 4.78 is 38.6. The number of rotatable bonds is 13. The number of likely N-dealkylation sites (tertiary alicyclic amines) is 1. The molecule has 1 saturated heterocycles. The Balaban J connectivity index is 1.57. The van der Waals surface area contributed by atoms with Crippen molar-refractivity contribution in [2.75, 3.05) is 20.3 Å². The fraction of sp³-hybridized carbons (Fsp3) is 0.633. The molecule has 11 nitrogen and oxygen atoms in total. The standard InChI is InChI=1S/C30H40BrN3O8S/c1-6-19-14-30(19,28(38)33-43(39,40)20-10-11-20)15-23(35)22-12-18(17-42-25-9-7-8-24(31)32-25)16-34(22)27(37)21(29(2,3)4)13-26(36)41-5/h6-9,18-22H,1,10-17H2,2-5H3,(H,33,38)/t18-,19?,21-,22+,30-/m1/s1. The maximum atomic E-state index is 14.1. The number of pyridine rings is 1. The highest BCUT2D eigenvalue weighted by Gasteiger charge is 2.61. The second-order valence-electron chi connectivity index (χ2n) is 12.9. The molecule has 43 heavy (non-hydrogen) atoms. The van der Waals surface area contributed by atoms with Crippen molar-refractivity contribution in [3.8, 4) is 5.88 Å². The molecule has 0 radical (unpaired) electrons. The molecule has 236 valence electrons. The zero-order chi connectivity index (χ0) is 31.7. The summed E-state index contributed by atoms with van der Waals surface area (Å²) in [5.74, 6) is -2.89. The van der Waals surface area contributed by atoms with Gasteiger partial charge < -0.3 is 14.4 Å². The number of hydrogen-bond acceptors (Lipinski definition) is 9. The first-order chi connectivity index (χ1) is 20.1. The Labute approximate surface area is 261 Å². The van der Waals surface area contributed by atoms with E-state index in [1.54, 1.807) is 24.3 Å². The van der Waals surface area contributed by atoms with E-state index in [1.807, 2.05) is 20.8 Å². The third kappa shape index (κ3) is 7.65. The summed E-state index contributed by atoms with van der Waals surface area (Å²) in [6.45, 7) is 9.72. The fourth-order valence-electron chi connectivity index (χ4n) is 5.79. The van der Waals surface area contributed by atoms with Crippen LogP contribution in [-0.2, 0) is 33.9 Å². The zero-order valence-corrected chi connectivity index (χ0v) is 27.4. The van der Waals surface area contributed by atoms with Crippen molar-refractivity contribution < 1.29 is 37.1 Å². The highest BCUT2D eigenvalue weighted by Crippen LogP contribution is 2.57. The Morgan fingerprint density at radius 1 is 1.26 bits per heavy atom. The van der Waals surface area contributed by atoms with Gasteiger partial charge in [0, 0.05) is 24.9 Å². The average Bonchev–Trinajstić information content (AvgIpc) is 3.86. The number of carbonyl (C=O) groups excluding carboxylic acids is 4. The van der Waals surface area contributed by atoms with Crippen LogP contribution in [0, 0.1) is 28.6 Å². The molecule has 13 heteroatoms. The number of ketones is 1. The number of nitrogens with zero attached hydrogens (tertiary/aromatic N) is 2. The number of esters is 1. The number of aromatic nitrogens is 1. The van der Waals surface area contributed by atoms with Crippen molar-refractivity contribution in [3.05, 3.63) is 35.5 Å². The maximum absolute atomic E-state index is 14.1. The summed E-state index contributed by atoms with van der Waals surface area (Å²) >= 11 is 3.31. The molecule has 2 aliphatic carbocycles. The van der Waals surface area contributed by atoms with Gasteiger partial charge in [-0.25, -0.2) is 13.4 Å². The van der Waals surface area contributed by atoms with E-state index in [9.17, 15) is 27.6 Å². The highest BCUT2D eigenvalue weighted by molar-refractivity contribution is 9.10. The predicted molar refractivity (Wildman–Crippen MR) is 161 cm³/mol. The third-order valence-electron chi connectivity index (χ3n) is 8.70. The number of methoxy groups -OCH3 is 1. The fourth-order valence-corrected chi connectivity index (χ4v) is 7.50. The first-order valence-corrected chi connectivity index (χ1v) is 16.8. The van der Waals surface area contributed by atoms with E-state index >= 15 is 0 Å². The molecule has 5 atom stereocenters. The van der Waals surface area contributed by atoms with Gasteiger partial charge in [-0.3, -0.25) is 23.9 Å². The molecule has 1 aromatic rings. The normalized spacial score (nSPS) is 25.9. The minimum Gasteiger partial charge on any atom is -0.477 e. The Morgan fingerprint density at radius 2 is 1.95 bits per heavy atom. The third-order valence-corrected chi connectivity index (χ3v) is 11.0. The molecule has 0 bridgehead atoms. The number of allylic oxidation sites excluding steroid dienone is 1. The van der Waals surface area contributed by atoms with E-state index < -0.39 is 49.9 Å². The number of amides is 2. The van der Waals surface area contributed by atoms with Gasteiger partial charge in [-0.15, -0.1) is 6.58 Å². The lowest BCUT2D eigenvalue weighted by Crippen LogP contribution is -2.48. The van der Waals surface area contributed by atoms with Crippen molar-refractivity contribution in [2.24, 2.45) is 28.6 Å². The number of halogens is 1. The molecule has 0 spiro atoms. The predicted octanol–water partition coefficient (Wildman–Crippen LogP) is 3.43. The van der Waals surface area contributed by atoms with Crippen LogP contribution in [-0.4, -0.2) is 73.4 Å². The Bertz CT molecular complexity index is 1390. The van der Waals surface area contributed by atoms with Crippen LogP contribution in [0.2, 0.25) is 0 Å². The van der Waals surface area contributed by atoms with Gasteiger partial charge in [-0.05, 0) is 59.0 Å². The van der Waals surface area contributed by atoms with E-state index in [0.717, 1.165) is 0 Å². The van der Waals surface area contributed by atoms with Crippen molar-refractivity contribution in [1.29, 1.82) is 0 Å². The minimum absolute atomic E-state index is 0.150. The molecule has 1 aliphatic heterocycles. The summed E-state index contributed by atoms with van der Waals surface area (Å²) in [6, 6.07) is 4.37. The SMILES string of the molecule is C=CC1C[C@]1(CC(=O)[C@@H]1C[C@@H](COc2cccc(Br)n2)CN1C(=O)[C@@H](CC(=O)OC)C(C)(C)C)C(=O)NS(=O)(=O)C1CC1. The number of Topliss-reactive ketones (excluding diaryl/α,β-unsaturated/α-hetero) is 1. The van der Waals surface area contributed by atoms with Gasteiger partial charge in [-0.1, -0.05) is 32.9 Å². The topological polar surface area (TPSA) is 149 Å². The van der Waals surface area contributed by atoms with Gasteiger partial charge in [0.15, 0.2) is 5.78 Å². The Morgan fingerprint density at radius 3 is 2.51 bits per heavy atom. The van der Waals surface area contributed by atoms with Gasteiger partial charge in [0.2, 0.25) is 27.7 Å². The van der Waals surface area contributed by atoms with E-state index in [1.165, 1.54) is 12.0 Å². The molecule has 2 heterocycles. The smallest absolute Gasteiger partial charge is 0.306 e. The largest absolute Gasteiger partial charge is 0.477 e. The second kappa shape index (κ2) is 12.7. The molecule has 1 N–H and O–H groups in total. The molecular formula is C30H40BrN3O8S. The summed E-state index contributed by atoms with van der Waals surface area (Å²) in [4.78, 5) is 59.4. The monoisotopic (exact) mass is 681 g/mol. The van der Waals surface area contributed by atoms with Crippen LogP contribution >= 0.6 is 15.9 Å². The molecule has 1 unspecified atom stereocenters. The lowest BCUT2D eigenvalue weighted by molar-refractivity contribution is -0.151. The van der Waals surface area contributed by atoms with Gasteiger partial charge in [0.05, 0.1) is 42.8 Å². The molecule has 4 rings (SSSR count). The zero-order valence-electron chi connectivity index (χ0n) is 25.0. The summed E-state index contributed by atoms with van der Waals surface area (Å²) in [6.07, 6.45) is 2.76. The summed E-state index contributed by atoms with van der Waals surface area (Å²) in [5.41, 5.74) is -1.85. The van der Waals surface area contributed by atoms with E-state index in [0.29, 0.717) is 29.7 Å². The lowest BCUT2D eigenvalue weighted by atomic mass is 9.77. The van der Waals surface area contributed by atoms with Crippen LogP contribution < -0.4 is 9.46 Å². The van der Waals surface area contributed by atoms with Crippen LogP contribution in [0.15, 0.2) is 35.5 Å². The number of carbonyl (C=O) groups is 4. The van der Waals surface area contributed by atoms with Gasteiger partial charge in [0.25, 0.3) is 0 Å². The van der Waals surface area contributed by atoms with Crippen LogP contribution in [0.5, 0.6) is 5.88 Å². The number of ether oxygens (including phenoxy) is 2. The lowest BCUT2D eigenvalue weighted by Gasteiger charge is -2.35. The van der Waals surface area contributed by atoms with Crippen LogP contribution in [0.25, 0.3) is 0 Å². The van der Waals surface area contributed by atoms with Crippen molar-refractivity contribution in [2.45, 2.75) is 70.6 Å². The van der Waals surface area contributed by atoms with Crippen molar-refractivity contribution in [3.63, 3.8) is 0 Å². The van der Waals surface area contributed by atoms with Crippen LogP contribution in [0.4, 0.5) is 0 Å². The van der Waals surface area contributed by atoms with E-state index in [4.69, 9.17) is 9.47 Å². The average molecular weight is 683 g/mol. The van der Waals surface area contributed by atoms with E-state index in [2.05, 4.69) is 32.2 Å². The maximum Gasteiger partial charge on any atom is 0.306 e. The minimum atomic E-state index is -3.81. The van der Waals surface area contributed by atoms with E-state index in [-0.39, 0.29) is 55.9 Å². The Hall–Kier alpha value is -2.80. The van der Waals surface area contributed by atoms with Crippen LogP contribution in [0.3, 0.4) is 0 Å². The summed E-state index contributed by atoms with van der Waals surface area (Å²) in [7, 11) is -2.55. The summed E-state index contributed by atoms with van der Waals surface area (Å²) in [5, 5.41) is -0.585. The van der Waals surface area contributed by atoms with Crippen LogP contribution in [0.1, 0.15) is 59.3 Å². The second-order valence-corrected chi connectivity index (χ2v) is 15.7. The molecule has 3 fully saturated rings. The molecule has 0 aromatic carbocycles. The molecule has 1 aromatic heterocycles. The molecule has 2 saturated carbocycles. The molecular weight excluding hydrogens is 642 g/mol. The highest BCUT2D eigenvalue weighted by atomic mass is 79.9. The van der Waals surface area contributed by atoms with Gasteiger partial charge >= 0.3 is 5.97 Å². The number of hydrogen-bond donors (Lipinski definition) is 1. The van der Waals surface area contributed by atoms with Crippen molar-refractivity contribution in [1.82, 2.24) is 14.6 Å². The molecule has 2 amide bonds. The molecule has 3 aliphatic rings. The first kappa shape index (κ1) is 33.1. The van der Waals surface area contributed by atoms with Crippen molar-refractivity contribution >= 4 is 49.5 Å².